The Morgan fingerprint density at radius 3 is 2.88 bits per heavy atom. The smallest absolute Gasteiger partial charge is 0.259 e. The maximum Gasteiger partial charge on any atom is 0.259 e. The zero-order valence-corrected chi connectivity index (χ0v) is 9.24. The van der Waals surface area contributed by atoms with Gasteiger partial charge in [-0.3, -0.25) is 9.59 Å². The quantitative estimate of drug-likeness (QED) is 0.841. The first kappa shape index (κ1) is 11.0. The maximum atomic E-state index is 12.0. The van der Waals surface area contributed by atoms with Crippen LogP contribution in [0.4, 0.5) is 0 Å². The van der Waals surface area contributed by atoms with Crippen LogP contribution in [0, 0.1) is 0 Å². The Kier molecular flexibility index (Phi) is 2.87. The third-order valence-electron chi connectivity index (χ3n) is 2.69. The molecule has 0 aliphatic carbocycles. The molecule has 0 bridgehead atoms. The summed E-state index contributed by atoms with van der Waals surface area (Å²) in [5, 5.41) is 0.0418. The Morgan fingerprint density at radius 1 is 1.56 bits per heavy atom. The van der Waals surface area contributed by atoms with Crippen molar-refractivity contribution in [1.29, 1.82) is 0 Å². The number of nitrogens with zero attached hydrogens (tertiary/aromatic N) is 1. The third-order valence-corrected chi connectivity index (χ3v) is 2.98. The SMILES string of the molecule is NC(=O)C1CCCN1C(=O)c1ccoc1Cl. The molecule has 1 aromatic heterocycles. The summed E-state index contributed by atoms with van der Waals surface area (Å²) in [5.74, 6) is -0.787. The second kappa shape index (κ2) is 4.17. The van der Waals surface area contributed by atoms with E-state index < -0.39 is 11.9 Å². The summed E-state index contributed by atoms with van der Waals surface area (Å²) >= 11 is 5.71. The number of carbonyl (C=O) groups is 2. The molecule has 86 valence electrons. The highest BCUT2D eigenvalue weighted by Crippen LogP contribution is 2.24. The monoisotopic (exact) mass is 242 g/mol. The summed E-state index contributed by atoms with van der Waals surface area (Å²) in [5.41, 5.74) is 5.50. The molecule has 0 radical (unpaired) electrons. The van der Waals surface area contributed by atoms with E-state index in [0.717, 1.165) is 6.42 Å². The van der Waals surface area contributed by atoms with E-state index >= 15 is 0 Å². The molecule has 2 N–H and O–H groups in total. The van der Waals surface area contributed by atoms with Crippen molar-refractivity contribution in [2.45, 2.75) is 18.9 Å². The van der Waals surface area contributed by atoms with Gasteiger partial charge in [0.15, 0.2) is 0 Å². The molecule has 0 aromatic carbocycles. The zero-order chi connectivity index (χ0) is 11.7. The number of rotatable bonds is 2. The highest BCUT2D eigenvalue weighted by atomic mass is 35.5. The van der Waals surface area contributed by atoms with Crippen molar-refractivity contribution in [3.05, 3.63) is 23.1 Å². The van der Waals surface area contributed by atoms with Crippen LogP contribution < -0.4 is 5.73 Å². The molecule has 2 amide bonds. The minimum atomic E-state index is -0.529. The summed E-state index contributed by atoms with van der Waals surface area (Å²) in [7, 11) is 0. The summed E-state index contributed by atoms with van der Waals surface area (Å²) in [6.07, 6.45) is 2.72. The summed E-state index contributed by atoms with van der Waals surface area (Å²) in [6, 6.07) is 0.958. The zero-order valence-electron chi connectivity index (χ0n) is 8.48. The van der Waals surface area contributed by atoms with Crippen molar-refractivity contribution in [1.82, 2.24) is 4.90 Å². The van der Waals surface area contributed by atoms with E-state index in [9.17, 15) is 9.59 Å². The van der Waals surface area contributed by atoms with E-state index in [4.69, 9.17) is 21.8 Å². The lowest BCUT2D eigenvalue weighted by molar-refractivity contribution is -0.121. The molecule has 6 heteroatoms. The molecule has 0 saturated carbocycles. The molecule has 5 nitrogen and oxygen atoms in total. The van der Waals surface area contributed by atoms with Gasteiger partial charge in [0.2, 0.25) is 11.1 Å². The van der Waals surface area contributed by atoms with Crippen LogP contribution in [0.15, 0.2) is 16.7 Å². The first-order chi connectivity index (χ1) is 7.61. The highest BCUT2D eigenvalue weighted by Gasteiger charge is 2.34. The molecule has 0 spiro atoms. The van der Waals surface area contributed by atoms with Crippen molar-refractivity contribution < 1.29 is 14.0 Å². The van der Waals surface area contributed by atoms with Crippen molar-refractivity contribution in [3.8, 4) is 0 Å². The highest BCUT2D eigenvalue weighted by molar-refractivity contribution is 6.32. The molecule has 1 atom stereocenters. The fraction of sp³-hybridized carbons (Fsp3) is 0.400. The minimum absolute atomic E-state index is 0.0418. The lowest BCUT2D eigenvalue weighted by Crippen LogP contribution is -2.43. The molecule has 1 unspecified atom stereocenters. The van der Waals surface area contributed by atoms with Crippen LogP contribution in [0.1, 0.15) is 23.2 Å². The second-order valence-corrected chi connectivity index (χ2v) is 4.01. The predicted octanol–water partition coefficient (Wildman–Crippen LogP) is 1.02. The fourth-order valence-electron chi connectivity index (χ4n) is 1.91. The average Bonchev–Trinajstić information content (AvgIpc) is 2.84. The van der Waals surface area contributed by atoms with Gasteiger partial charge >= 0.3 is 0 Å². The normalized spacial score (nSPS) is 20.1. The van der Waals surface area contributed by atoms with Crippen LogP contribution in [0.25, 0.3) is 0 Å². The molecule has 1 aliphatic heterocycles. The van der Waals surface area contributed by atoms with Crippen LogP contribution in [0.5, 0.6) is 0 Å². The van der Waals surface area contributed by atoms with Gasteiger partial charge in [-0.1, -0.05) is 0 Å². The van der Waals surface area contributed by atoms with Gasteiger partial charge in [0.25, 0.3) is 5.91 Å². The topological polar surface area (TPSA) is 76.5 Å². The van der Waals surface area contributed by atoms with Gasteiger partial charge in [-0.15, -0.1) is 0 Å². The van der Waals surface area contributed by atoms with Crippen molar-refractivity contribution in [3.63, 3.8) is 0 Å². The third kappa shape index (κ3) is 1.78. The summed E-state index contributed by atoms with van der Waals surface area (Å²) in [4.78, 5) is 24.6. The van der Waals surface area contributed by atoms with Crippen LogP contribution >= 0.6 is 11.6 Å². The van der Waals surface area contributed by atoms with Crippen LogP contribution in [-0.4, -0.2) is 29.3 Å². The average molecular weight is 243 g/mol. The number of hydrogen-bond acceptors (Lipinski definition) is 3. The number of nitrogens with two attached hydrogens (primary N) is 1. The number of primary amides is 1. The molecule has 1 fully saturated rings. The fourth-order valence-corrected chi connectivity index (χ4v) is 2.10. The lowest BCUT2D eigenvalue weighted by Gasteiger charge is -2.21. The number of halogens is 1. The van der Waals surface area contributed by atoms with Gasteiger partial charge < -0.3 is 15.1 Å². The minimum Gasteiger partial charge on any atom is -0.452 e. The standard InChI is InChI=1S/C10H11ClN2O3/c11-8-6(3-5-16-8)10(15)13-4-1-2-7(13)9(12)14/h3,5,7H,1-2,4H2,(H2,12,14). The van der Waals surface area contributed by atoms with Crippen LogP contribution in [0.2, 0.25) is 5.22 Å². The first-order valence-corrected chi connectivity index (χ1v) is 5.32. The van der Waals surface area contributed by atoms with Crippen LogP contribution in [-0.2, 0) is 4.79 Å². The van der Waals surface area contributed by atoms with Crippen molar-refractivity contribution >= 4 is 23.4 Å². The number of likely N-dealkylation sites (tertiary alicyclic amines) is 1. The Labute approximate surface area is 97.1 Å². The molecule has 16 heavy (non-hydrogen) atoms. The Bertz CT molecular complexity index is 429. The van der Waals surface area contributed by atoms with Gasteiger partial charge in [-0.05, 0) is 30.5 Å². The van der Waals surface area contributed by atoms with Crippen molar-refractivity contribution in [2.75, 3.05) is 6.54 Å². The van der Waals surface area contributed by atoms with E-state index in [1.54, 1.807) is 0 Å². The lowest BCUT2D eigenvalue weighted by atomic mass is 10.2. The maximum absolute atomic E-state index is 12.0. The predicted molar refractivity (Wildman–Crippen MR) is 57.0 cm³/mol. The molecular weight excluding hydrogens is 232 g/mol. The number of hydrogen-bond donors (Lipinski definition) is 1. The molecule has 2 heterocycles. The van der Waals surface area contributed by atoms with Gasteiger partial charge in [-0.2, -0.15) is 0 Å². The molecular formula is C10H11ClN2O3. The Hall–Kier alpha value is -1.49. The number of furan rings is 1. The van der Waals surface area contributed by atoms with Gasteiger partial charge in [-0.25, -0.2) is 0 Å². The van der Waals surface area contributed by atoms with Crippen molar-refractivity contribution in [2.24, 2.45) is 5.73 Å². The largest absolute Gasteiger partial charge is 0.452 e. The summed E-state index contributed by atoms with van der Waals surface area (Å²) in [6.45, 7) is 0.522. The first-order valence-electron chi connectivity index (χ1n) is 4.94. The molecule has 1 aliphatic rings. The van der Waals surface area contributed by atoms with E-state index in [2.05, 4.69) is 0 Å². The summed E-state index contributed by atoms with van der Waals surface area (Å²) < 4.78 is 4.84. The molecule has 1 saturated heterocycles. The molecule has 2 rings (SSSR count). The second-order valence-electron chi connectivity index (χ2n) is 3.67. The van der Waals surface area contributed by atoms with E-state index in [-0.39, 0.29) is 16.7 Å². The van der Waals surface area contributed by atoms with Gasteiger partial charge in [0.1, 0.15) is 6.04 Å². The van der Waals surface area contributed by atoms with E-state index in [1.165, 1.54) is 17.2 Å². The van der Waals surface area contributed by atoms with Gasteiger partial charge in [0.05, 0.1) is 11.8 Å². The van der Waals surface area contributed by atoms with E-state index in [1.807, 2.05) is 0 Å². The number of carbonyl (C=O) groups excluding carboxylic acids is 2. The Balaban J connectivity index is 2.22. The van der Waals surface area contributed by atoms with Gasteiger partial charge in [0, 0.05) is 6.54 Å². The molecule has 1 aromatic rings. The van der Waals surface area contributed by atoms with E-state index in [0.29, 0.717) is 13.0 Å². The Morgan fingerprint density at radius 2 is 2.31 bits per heavy atom. The number of amides is 2. The van der Waals surface area contributed by atoms with Crippen LogP contribution in [0.3, 0.4) is 0 Å².